The van der Waals surface area contributed by atoms with Crippen molar-refractivity contribution in [2.24, 2.45) is 39.4 Å². The van der Waals surface area contributed by atoms with Crippen molar-refractivity contribution in [3.63, 3.8) is 0 Å². The van der Waals surface area contributed by atoms with Gasteiger partial charge in [-0.25, -0.2) is 4.79 Å². The highest BCUT2D eigenvalue weighted by atomic mass is 16.6. The molecule has 3 unspecified atom stereocenters. The summed E-state index contributed by atoms with van der Waals surface area (Å²) in [5.74, 6) is -6.08. The summed E-state index contributed by atoms with van der Waals surface area (Å²) >= 11 is 0. The first-order valence-electron chi connectivity index (χ1n) is 13.7. The maximum Gasteiger partial charge on any atom is 0.358 e. The van der Waals surface area contributed by atoms with Crippen molar-refractivity contribution in [2.45, 2.75) is 92.5 Å². The molecule has 40 heavy (non-hydrogen) atoms. The molecule has 0 aromatic rings. The van der Waals surface area contributed by atoms with E-state index in [0.29, 0.717) is 12.0 Å². The Kier molecular flexibility index (Phi) is 6.72. The summed E-state index contributed by atoms with van der Waals surface area (Å²) in [6, 6.07) is 0. The molecule has 10 heteroatoms. The quantitative estimate of drug-likeness (QED) is 0.219. The normalized spacial score (nSPS) is 43.9. The summed E-state index contributed by atoms with van der Waals surface area (Å²) < 4.78 is 22.4. The van der Waals surface area contributed by atoms with Gasteiger partial charge in [-0.2, -0.15) is 0 Å². The number of cyclic esters (lactones) is 1. The van der Waals surface area contributed by atoms with E-state index < -0.39 is 86.9 Å². The maximum atomic E-state index is 14.2. The van der Waals surface area contributed by atoms with E-state index in [0.717, 1.165) is 7.11 Å². The molecule has 0 bridgehead atoms. The minimum Gasteiger partial charge on any atom is -0.466 e. The van der Waals surface area contributed by atoms with E-state index in [1.165, 1.54) is 20.8 Å². The summed E-state index contributed by atoms with van der Waals surface area (Å²) in [7, 11) is 1.10. The number of carbonyl (C=O) groups is 6. The smallest absolute Gasteiger partial charge is 0.358 e. The molecular formula is C30H40O10. The molecule has 4 rings (SSSR count). The number of hydrogen-bond donors (Lipinski definition) is 0. The molecule has 0 N–H and O–H groups in total. The number of ketones is 2. The van der Waals surface area contributed by atoms with Gasteiger partial charge in [-0.15, -0.1) is 0 Å². The van der Waals surface area contributed by atoms with Gasteiger partial charge in [0.2, 0.25) is 0 Å². The first-order chi connectivity index (χ1) is 18.2. The van der Waals surface area contributed by atoms with Gasteiger partial charge in [0.15, 0.2) is 5.78 Å². The lowest BCUT2D eigenvalue weighted by Crippen LogP contribution is -2.77. The van der Waals surface area contributed by atoms with Gasteiger partial charge < -0.3 is 18.9 Å². The Morgan fingerprint density at radius 3 is 2.05 bits per heavy atom. The van der Waals surface area contributed by atoms with Gasteiger partial charge >= 0.3 is 23.9 Å². The SMILES string of the molecule is C=C1CC2[C@@]3(C)CCC(=O)C(C)(C)C3[C@@H](OC(C)=O)[C@H](OC(C)=O)[C@@]2(C)[C@H]2C(=O)OC(C)(C(=O)OC)C(=O)[C@]12C. The lowest BCUT2D eigenvalue weighted by Gasteiger charge is -2.70. The number of rotatable bonds is 3. The molecule has 1 heterocycles. The summed E-state index contributed by atoms with van der Waals surface area (Å²) in [5.41, 5.74) is -6.31. The van der Waals surface area contributed by atoms with Crippen LogP contribution in [0.3, 0.4) is 0 Å². The molecule has 0 spiro atoms. The van der Waals surface area contributed by atoms with Gasteiger partial charge in [-0.3, -0.25) is 24.0 Å². The minimum absolute atomic E-state index is 0.00196. The van der Waals surface area contributed by atoms with Crippen LogP contribution in [0.15, 0.2) is 12.2 Å². The predicted octanol–water partition coefficient (Wildman–Crippen LogP) is 3.14. The number of esters is 4. The van der Waals surface area contributed by atoms with Gasteiger partial charge in [0.25, 0.3) is 5.60 Å². The third-order valence-electron chi connectivity index (χ3n) is 10.9. The Hall–Kier alpha value is -3.04. The molecule has 3 saturated carbocycles. The fraction of sp³-hybridized carbons (Fsp3) is 0.733. The summed E-state index contributed by atoms with van der Waals surface area (Å²) in [6.07, 6.45) is -1.34. The van der Waals surface area contributed by atoms with Gasteiger partial charge in [0, 0.05) is 37.0 Å². The minimum atomic E-state index is -2.20. The number of fused-ring (bicyclic) bond motifs is 5. The van der Waals surface area contributed by atoms with Crippen molar-refractivity contribution in [3.05, 3.63) is 12.2 Å². The van der Waals surface area contributed by atoms with Crippen LogP contribution in [0, 0.1) is 39.4 Å². The Morgan fingerprint density at radius 2 is 1.52 bits per heavy atom. The lowest BCUT2D eigenvalue weighted by molar-refractivity contribution is -0.280. The number of ether oxygens (including phenoxy) is 4. The number of methoxy groups -OCH3 is 1. The van der Waals surface area contributed by atoms with Crippen LogP contribution in [0.4, 0.5) is 0 Å². The van der Waals surface area contributed by atoms with E-state index in [2.05, 4.69) is 6.58 Å². The van der Waals surface area contributed by atoms with Gasteiger partial charge in [-0.1, -0.05) is 39.8 Å². The zero-order valence-electron chi connectivity index (χ0n) is 24.8. The molecule has 4 fully saturated rings. The fourth-order valence-corrected chi connectivity index (χ4v) is 9.18. The molecule has 0 amide bonds. The highest BCUT2D eigenvalue weighted by molar-refractivity contribution is 6.15. The highest BCUT2D eigenvalue weighted by Gasteiger charge is 2.79. The number of allylic oxidation sites excluding steroid dienone is 1. The molecule has 1 saturated heterocycles. The van der Waals surface area contributed by atoms with E-state index in [4.69, 9.17) is 18.9 Å². The second-order valence-corrected chi connectivity index (χ2v) is 13.4. The Labute approximate surface area is 234 Å². The van der Waals surface area contributed by atoms with Crippen LogP contribution >= 0.6 is 0 Å². The Balaban J connectivity index is 2.04. The molecule has 0 aromatic heterocycles. The fourth-order valence-electron chi connectivity index (χ4n) is 9.18. The van der Waals surface area contributed by atoms with E-state index in [-0.39, 0.29) is 18.6 Å². The van der Waals surface area contributed by atoms with E-state index in [1.807, 2.05) is 20.8 Å². The monoisotopic (exact) mass is 560 g/mol. The highest BCUT2D eigenvalue weighted by Crippen LogP contribution is 2.73. The molecule has 0 aromatic carbocycles. The molecule has 0 radical (unpaired) electrons. The Bertz CT molecular complexity index is 1230. The van der Waals surface area contributed by atoms with Gasteiger partial charge in [-0.05, 0) is 38.0 Å². The van der Waals surface area contributed by atoms with E-state index >= 15 is 0 Å². The molecule has 220 valence electrons. The van der Waals surface area contributed by atoms with Crippen LogP contribution in [0.2, 0.25) is 0 Å². The van der Waals surface area contributed by atoms with E-state index in [1.54, 1.807) is 13.8 Å². The zero-order chi connectivity index (χ0) is 30.4. The lowest BCUT2D eigenvalue weighted by atomic mass is 9.34. The second-order valence-electron chi connectivity index (χ2n) is 13.4. The molecule has 4 aliphatic rings. The second kappa shape index (κ2) is 8.98. The Morgan fingerprint density at radius 1 is 0.950 bits per heavy atom. The van der Waals surface area contributed by atoms with Crippen LogP contribution in [0.25, 0.3) is 0 Å². The van der Waals surface area contributed by atoms with Crippen LogP contribution < -0.4 is 0 Å². The van der Waals surface area contributed by atoms with Crippen LogP contribution in [0.5, 0.6) is 0 Å². The standard InChI is InChI=1S/C30H40O10/c1-14-13-17-27(6)12-11-18(33)26(4,5)20(27)19(38-15(2)31)22(39-16(3)32)29(17,8)21-23(34)40-30(9,25(36)37-10)24(35)28(14,21)7/h17,19-22H,1,11-13H2,2-10H3/t17?,19-,20?,21+,22+,27-,28-,29-,30?/m1/s1. The topological polar surface area (TPSA) is 139 Å². The number of Topliss-reactive ketones (excluding diaryl/α,β-unsaturated/α-hetero) is 2. The largest absolute Gasteiger partial charge is 0.466 e. The summed E-state index contributed by atoms with van der Waals surface area (Å²) in [4.78, 5) is 79.5. The van der Waals surface area contributed by atoms with Crippen molar-refractivity contribution in [3.8, 4) is 0 Å². The molecule has 3 aliphatic carbocycles. The first kappa shape index (κ1) is 29.9. The van der Waals surface area contributed by atoms with Crippen LogP contribution in [0.1, 0.15) is 74.7 Å². The maximum absolute atomic E-state index is 14.2. The first-order valence-corrected chi connectivity index (χ1v) is 13.7. The molecule has 1 aliphatic heterocycles. The van der Waals surface area contributed by atoms with Crippen LogP contribution in [-0.4, -0.2) is 60.4 Å². The van der Waals surface area contributed by atoms with Crippen molar-refractivity contribution in [1.29, 1.82) is 0 Å². The zero-order valence-corrected chi connectivity index (χ0v) is 24.8. The molecular weight excluding hydrogens is 520 g/mol. The third-order valence-corrected chi connectivity index (χ3v) is 10.9. The average molecular weight is 561 g/mol. The van der Waals surface area contributed by atoms with Crippen LogP contribution in [-0.2, 0) is 47.7 Å². The van der Waals surface area contributed by atoms with Gasteiger partial charge in [0.05, 0.1) is 18.4 Å². The summed E-state index contributed by atoms with van der Waals surface area (Å²) in [6.45, 7) is 16.9. The number of hydrogen-bond acceptors (Lipinski definition) is 10. The summed E-state index contributed by atoms with van der Waals surface area (Å²) in [5, 5.41) is 0. The molecule has 9 atom stereocenters. The average Bonchev–Trinajstić information content (AvgIpc) is 2.83. The van der Waals surface area contributed by atoms with Crippen molar-refractivity contribution < 1.29 is 47.7 Å². The van der Waals surface area contributed by atoms with Crippen molar-refractivity contribution in [1.82, 2.24) is 0 Å². The number of carbonyl (C=O) groups excluding carboxylic acids is 6. The third kappa shape index (κ3) is 3.59. The predicted molar refractivity (Wildman–Crippen MR) is 139 cm³/mol. The van der Waals surface area contributed by atoms with E-state index in [9.17, 15) is 28.8 Å². The van der Waals surface area contributed by atoms with Gasteiger partial charge in [0.1, 0.15) is 18.0 Å². The van der Waals surface area contributed by atoms with Crippen molar-refractivity contribution >= 4 is 35.4 Å². The molecule has 10 nitrogen and oxygen atoms in total. The van der Waals surface area contributed by atoms with Crippen molar-refractivity contribution in [2.75, 3.05) is 7.11 Å².